The number of rotatable bonds is 2. The van der Waals surface area contributed by atoms with Crippen molar-refractivity contribution in [3.05, 3.63) is 0 Å². The van der Waals surface area contributed by atoms with Gasteiger partial charge in [0.05, 0.1) is 6.10 Å². The van der Waals surface area contributed by atoms with Crippen LogP contribution in [0.5, 0.6) is 0 Å². The third-order valence-electron chi connectivity index (χ3n) is 0.399. The van der Waals surface area contributed by atoms with Crippen LogP contribution in [-0.2, 0) is 9.09 Å². The molecule has 12 heavy (non-hydrogen) atoms. The van der Waals surface area contributed by atoms with Gasteiger partial charge in [-0.1, -0.05) is 0 Å². The predicted octanol–water partition coefficient (Wildman–Crippen LogP) is 1.39. The Morgan fingerprint density at radius 1 is 1.42 bits per heavy atom. The summed E-state index contributed by atoms with van der Waals surface area (Å²) in [5.41, 5.74) is 0. The average molecular weight is 222 g/mol. The zero-order valence-electron chi connectivity index (χ0n) is 7.01. The standard InChI is InChI=1S/C4H10FO2P.H3O3P/c1-4(2)7-8(3,5)6;1-4(2)3/h4H,1-3H3;1-3H. The smallest absolute Gasteiger partial charge is 0.328 e. The molecule has 0 fully saturated rings. The van der Waals surface area contributed by atoms with Gasteiger partial charge >= 0.3 is 16.3 Å². The minimum atomic E-state index is -3.72. The molecule has 8 heteroatoms. The molecule has 0 aromatic heterocycles. The molecule has 76 valence electrons. The van der Waals surface area contributed by atoms with E-state index in [2.05, 4.69) is 4.52 Å². The molecule has 0 heterocycles. The summed E-state index contributed by atoms with van der Waals surface area (Å²) in [5, 5.41) is 0. The van der Waals surface area contributed by atoms with Crippen molar-refractivity contribution < 1.29 is 28.0 Å². The maximum Gasteiger partial charge on any atom is 0.364 e. The summed E-state index contributed by atoms with van der Waals surface area (Å²) in [5.74, 6) is 0. The molecule has 0 bridgehead atoms. The van der Waals surface area contributed by atoms with E-state index in [0.717, 1.165) is 6.66 Å². The van der Waals surface area contributed by atoms with Crippen molar-refractivity contribution in [2.24, 2.45) is 0 Å². The van der Waals surface area contributed by atoms with Crippen LogP contribution in [0, 0.1) is 0 Å². The molecule has 0 saturated heterocycles. The second kappa shape index (κ2) is 6.89. The van der Waals surface area contributed by atoms with Gasteiger partial charge in [-0.25, -0.2) is 0 Å². The van der Waals surface area contributed by atoms with Crippen molar-refractivity contribution >= 4 is 16.3 Å². The Morgan fingerprint density at radius 3 is 1.67 bits per heavy atom. The molecule has 1 atom stereocenters. The van der Waals surface area contributed by atoms with Gasteiger partial charge in [-0.2, -0.15) is 4.20 Å². The molecule has 0 aliphatic heterocycles. The van der Waals surface area contributed by atoms with Crippen LogP contribution in [0.15, 0.2) is 0 Å². The van der Waals surface area contributed by atoms with Crippen LogP contribution in [0.3, 0.4) is 0 Å². The van der Waals surface area contributed by atoms with Gasteiger partial charge in [-0.3, -0.25) is 4.57 Å². The molecular weight excluding hydrogens is 209 g/mol. The van der Waals surface area contributed by atoms with Crippen LogP contribution < -0.4 is 0 Å². The van der Waals surface area contributed by atoms with Gasteiger partial charge in [0.15, 0.2) is 0 Å². The number of hydrogen-bond acceptors (Lipinski definition) is 5. The summed E-state index contributed by atoms with van der Waals surface area (Å²) in [4.78, 5) is 21.7. The first-order valence-corrected chi connectivity index (χ1v) is 6.13. The third kappa shape index (κ3) is 31.5. The summed E-state index contributed by atoms with van der Waals surface area (Å²) >= 11 is 0. The molecule has 0 spiro atoms. The Labute approximate surface area is 71.8 Å². The molecule has 0 radical (unpaired) electrons. The lowest BCUT2D eigenvalue weighted by Gasteiger charge is -2.06. The van der Waals surface area contributed by atoms with E-state index in [4.69, 9.17) is 14.7 Å². The molecular formula is C4H13FO5P2. The topological polar surface area (TPSA) is 87.0 Å². The second-order valence-corrected chi connectivity index (χ2v) is 4.41. The summed E-state index contributed by atoms with van der Waals surface area (Å²) in [6.45, 7) is 4.22. The molecule has 0 saturated carbocycles. The molecule has 0 aliphatic carbocycles. The van der Waals surface area contributed by atoms with Crippen molar-refractivity contribution in [2.75, 3.05) is 6.66 Å². The fourth-order valence-electron chi connectivity index (χ4n) is 0.377. The van der Waals surface area contributed by atoms with Gasteiger partial charge in [0.2, 0.25) is 0 Å². The summed E-state index contributed by atoms with van der Waals surface area (Å²) < 4.78 is 26.4. The normalized spacial score (nSPS) is 15.4. The lowest BCUT2D eigenvalue weighted by molar-refractivity contribution is 0.227. The van der Waals surface area contributed by atoms with Gasteiger partial charge in [0.25, 0.3) is 0 Å². The Kier molecular flexibility index (Phi) is 8.58. The highest BCUT2D eigenvalue weighted by Gasteiger charge is 2.13. The van der Waals surface area contributed by atoms with E-state index < -0.39 is 16.3 Å². The molecule has 0 aromatic carbocycles. The van der Waals surface area contributed by atoms with Crippen LogP contribution in [0.1, 0.15) is 13.8 Å². The Morgan fingerprint density at radius 2 is 1.67 bits per heavy atom. The third-order valence-corrected chi connectivity index (χ3v) is 1.20. The second-order valence-electron chi connectivity index (χ2n) is 2.17. The maximum absolute atomic E-state index is 12.0. The minimum Gasteiger partial charge on any atom is -0.328 e. The zero-order valence-corrected chi connectivity index (χ0v) is 8.80. The molecule has 0 aromatic rings. The van der Waals surface area contributed by atoms with Gasteiger partial charge < -0.3 is 19.2 Å². The SMILES string of the molecule is CC(C)OP(C)(=O)F.OP(O)O. The first-order valence-electron chi connectivity index (χ1n) is 2.97. The van der Waals surface area contributed by atoms with Crippen molar-refractivity contribution in [1.29, 1.82) is 0 Å². The van der Waals surface area contributed by atoms with E-state index in [0.29, 0.717) is 0 Å². The van der Waals surface area contributed by atoms with Gasteiger partial charge in [0, 0.05) is 6.66 Å². The van der Waals surface area contributed by atoms with Crippen LogP contribution >= 0.6 is 16.3 Å². The van der Waals surface area contributed by atoms with Crippen LogP contribution in [0.2, 0.25) is 0 Å². The van der Waals surface area contributed by atoms with E-state index >= 15 is 0 Å². The quantitative estimate of drug-likeness (QED) is 0.614. The van der Waals surface area contributed by atoms with E-state index in [1.807, 2.05) is 0 Å². The Hall–Kier alpha value is 0.430. The average Bonchev–Trinajstić information content (AvgIpc) is 1.52. The van der Waals surface area contributed by atoms with E-state index in [1.54, 1.807) is 13.8 Å². The summed E-state index contributed by atoms with van der Waals surface area (Å²) in [7, 11) is -6.34. The molecule has 0 rings (SSSR count). The Balaban J connectivity index is 0. The molecule has 0 amide bonds. The highest BCUT2D eigenvalue weighted by atomic mass is 31.2. The first-order chi connectivity index (χ1) is 5.15. The molecule has 1 unspecified atom stereocenters. The zero-order chi connectivity index (χ0) is 10.4. The first kappa shape index (κ1) is 14.9. The highest BCUT2D eigenvalue weighted by Crippen LogP contribution is 2.44. The maximum atomic E-state index is 12.0. The van der Waals surface area contributed by atoms with Crippen LogP contribution in [0.25, 0.3) is 0 Å². The summed E-state index contributed by atoms with van der Waals surface area (Å²) in [6, 6.07) is 0. The van der Waals surface area contributed by atoms with Crippen LogP contribution in [0.4, 0.5) is 4.20 Å². The highest BCUT2D eigenvalue weighted by molar-refractivity contribution is 7.52. The van der Waals surface area contributed by atoms with Gasteiger partial charge in [0.1, 0.15) is 0 Å². The van der Waals surface area contributed by atoms with Crippen molar-refractivity contribution in [1.82, 2.24) is 0 Å². The molecule has 0 aliphatic rings. The fraction of sp³-hybridized carbons (Fsp3) is 1.00. The summed E-state index contributed by atoms with van der Waals surface area (Å²) in [6.07, 6.45) is -0.296. The van der Waals surface area contributed by atoms with E-state index in [1.165, 1.54) is 0 Å². The van der Waals surface area contributed by atoms with Crippen molar-refractivity contribution in [2.45, 2.75) is 20.0 Å². The molecule has 3 N–H and O–H groups in total. The molecule has 5 nitrogen and oxygen atoms in total. The van der Waals surface area contributed by atoms with E-state index in [-0.39, 0.29) is 6.10 Å². The van der Waals surface area contributed by atoms with Crippen molar-refractivity contribution in [3.8, 4) is 0 Å². The monoisotopic (exact) mass is 222 g/mol. The van der Waals surface area contributed by atoms with Crippen LogP contribution in [-0.4, -0.2) is 27.4 Å². The van der Waals surface area contributed by atoms with Gasteiger partial charge in [-0.15, -0.1) is 0 Å². The Bertz CT molecular complexity index is 142. The van der Waals surface area contributed by atoms with Crippen molar-refractivity contribution in [3.63, 3.8) is 0 Å². The lowest BCUT2D eigenvalue weighted by atomic mass is 10.5. The van der Waals surface area contributed by atoms with E-state index in [9.17, 15) is 8.76 Å². The number of hydrogen-bond donors (Lipinski definition) is 3. The number of halogens is 1. The largest absolute Gasteiger partial charge is 0.364 e. The fourth-order valence-corrected chi connectivity index (χ4v) is 1.13. The lowest BCUT2D eigenvalue weighted by Crippen LogP contribution is -1.96. The predicted molar refractivity (Wildman–Crippen MR) is 44.4 cm³/mol. The van der Waals surface area contributed by atoms with Gasteiger partial charge in [-0.05, 0) is 13.8 Å². The minimum absolute atomic E-state index is 0.296.